The van der Waals surface area contributed by atoms with Gasteiger partial charge in [-0.3, -0.25) is 0 Å². The van der Waals surface area contributed by atoms with E-state index in [1.807, 2.05) is 0 Å². The fourth-order valence-corrected chi connectivity index (χ4v) is 1.90. The van der Waals surface area contributed by atoms with E-state index in [9.17, 15) is 0 Å². The van der Waals surface area contributed by atoms with Gasteiger partial charge in [0.2, 0.25) is 0 Å². The second-order valence-electron chi connectivity index (χ2n) is 3.82. The van der Waals surface area contributed by atoms with Crippen molar-refractivity contribution in [3.05, 3.63) is 29.8 Å². The highest BCUT2D eigenvalue weighted by Gasteiger charge is 2.05. The van der Waals surface area contributed by atoms with Gasteiger partial charge in [0.05, 0.1) is 0 Å². The average Bonchev–Trinajstić information content (AvgIpc) is 2.17. The van der Waals surface area contributed by atoms with Crippen LogP contribution in [0.4, 0.5) is 0 Å². The van der Waals surface area contributed by atoms with E-state index >= 15 is 0 Å². The van der Waals surface area contributed by atoms with Crippen molar-refractivity contribution in [1.82, 2.24) is 5.32 Å². The molecule has 0 aliphatic rings. The summed E-state index contributed by atoms with van der Waals surface area (Å²) in [4.78, 5) is 1.32. The lowest BCUT2D eigenvalue weighted by Gasteiger charge is -2.17. The second kappa shape index (κ2) is 5.42. The van der Waals surface area contributed by atoms with Gasteiger partial charge in [-0.2, -0.15) is 0 Å². The Bertz CT molecular complexity index is 266. The number of nitrogens with one attached hydrogen (secondary N) is 1. The van der Waals surface area contributed by atoms with Gasteiger partial charge in [-0.05, 0) is 30.9 Å². The maximum Gasteiger partial charge on any atom is 0.0294 e. The third-order valence-electron chi connectivity index (χ3n) is 2.20. The molecule has 2 heteroatoms. The Morgan fingerprint density at radius 3 is 2.07 bits per heavy atom. The summed E-state index contributed by atoms with van der Waals surface area (Å²) in [7, 11) is 0. The molecular formula is C12H19NS. The van der Waals surface area contributed by atoms with Crippen molar-refractivity contribution in [2.75, 3.05) is 6.26 Å². The monoisotopic (exact) mass is 209 g/mol. The SMILES string of the molecule is CSc1ccc([C@@H](C)NC(C)C)cc1. The van der Waals surface area contributed by atoms with Gasteiger partial charge in [0.15, 0.2) is 0 Å². The molecule has 0 spiro atoms. The molecule has 1 aromatic carbocycles. The molecule has 0 unspecified atom stereocenters. The van der Waals surface area contributed by atoms with E-state index in [4.69, 9.17) is 0 Å². The molecule has 0 aliphatic heterocycles. The number of hydrogen-bond donors (Lipinski definition) is 1. The first-order valence-electron chi connectivity index (χ1n) is 5.03. The van der Waals surface area contributed by atoms with E-state index in [1.165, 1.54) is 10.5 Å². The lowest BCUT2D eigenvalue weighted by atomic mass is 10.1. The van der Waals surface area contributed by atoms with Crippen LogP contribution in [0.1, 0.15) is 32.4 Å². The Kier molecular flexibility index (Phi) is 4.49. The largest absolute Gasteiger partial charge is 0.308 e. The smallest absolute Gasteiger partial charge is 0.0294 e. The van der Waals surface area contributed by atoms with Gasteiger partial charge in [-0.1, -0.05) is 26.0 Å². The standard InChI is InChI=1S/C12H19NS/c1-9(2)13-10(3)11-5-7-12(14-4)8-6-11/h5-10,13H,1-4H3/t10-/m1/s1. The number of benzene rings is 1. The molecule has 1 aromatic rings. The molecule has 78 valence electrons. The van der Waals surface area contributed by atoms with Crippen LogP contribution >= 0.6 is 11.8 Å². The van der Waals surface area contributed by atoms with Gasteiger partial charge in [0.1, 0.15) is 0 Å². The van der Waals surface area contributed by atoms with E-state index in [0.29, 0.717) is 12.1 Å². The van der Waals surface area contributed by atoms with Crippen LogP contribution in [0.25, 0.3) is 0 Å². The van der Waals surface area contributed by atoms with Gasteiger partial charge in [0.25, 0.3) is 0 Å². The number of rotatable bonds is 4. The first-order valence-corrected chi connectivity index (χ1v) is 6.26. The van der Waals surface area contributed by atoms with Gasteiger partial charge >= 0.3 is 0 Å². The normalized spacial score (nSPS) is 13.2. The quantitative estimate of drug-likeness (QED) is 0.762. The van der Waals surface area contributed by atoms with Gasteiger partial charge in [-0.25, -0.2) is 0 Å². The highest BCUT2D eigenvalue weighted by Crippen LogP contribution is 2.18. The summed E-state index contributed by atoms with van der Waals surface area (Å²) in [6, 6.07) is 9.73. The molecule has 0 amide bonds. The summed E-state index contributed by atoms with van der Waals surface area (Å²) in [6.07, 6.45) is 2.10. The summed E-state index contributed by atoms with van der Waals surface area (Å²) in [5.41, 5.74) is 1.36. The Balaban J connectivity index is 2.66. The van der Waals surface area contributed by atoms with Crippen LogP contribution in [0, 0.1) is 0 Å². The Labute approximate surface area is 91.3 Å². The zero-order chi connectivity index (χ0) is 10.6. The Morgan fingerprint density at radius 2 is 1.64 bits per heavy atom. The zero-order valence-electron chi connectivity index (χ0n) is 9.37. The van der Waals surface area contributed by atoms with Crippen molar-refractivity contribution in [3.63, 3.8) is 0 Å². The molecule has 0 fully saturated rings. The molecule has 0 radical (unpaired) electrons. The second-order valence-corrected chi connectivity index (χ2v) is 4.70. The minimum Gasteiger partial charge on any atom is -0.308 e. The third-order valence-corrected chi connectivity index (χ3v) is 2.94. The Hall–Kier alpha value is -0.470. The molecule has 1 nitrogen and oxygen atoms in total. The predicted molar refractivity (Wildman–Crippen MR) is 64.9 cm³/mol. The lowest BCUT2D eigenvalue weighted by molar-refractivity contribution is 0.506. The van der Waals surface area contributed by atoms with Crippen molar-refractivity contribution in [2.24, 2.45) is 0 Å². The van der Waals surface area contributed by atoms with E-state index in [2.05, 4.69) is 56.6 Å². The topological polar surface area (TPSA) is 12.0 Å². The van der Waals surface area contributed by atoms with Crippen LogP contribution in [0.5, 0.6) is 0 Å². The third kappa shape index (κ3) is 3.35. The van der Waals surface area contributed by atoms with E-state index in [0.717, 1.165) is 0 Å². The summed E-state index contributed by atoms with van der Waals surface area (Å²) in [5, 5.41) is 3.49. The summed E-state index contributed by atoms with van der Waals surface area (Å²) < 4.78 is 0. The molecular weight excluding hydrogens is 190 g/mol. The van der Waals surface area contributed by atoms with Gasteiger partial charge < -0.3 is 5.32 Å². The number of hydrogen-bond acceptors (Lipinski definition) is 2. The zero-order valence-corrected chi connectivity index (χ0v) is 10.2. The van der Waals surface area contributed by atoms with E-state index in [-0.39, 0.29) is 0 Å². The summed E-state index contributed by atoms with van der Waals surface area (Å²) in [6.45, 7) is 6.55. The predicted octanol–water partition coefficient (Wildman–Crippen LogP) is 3.47. The lowest BCUT2D eigenvalue weighted by Crippen LogP contribution is -2.25. The van der Waals surface area contributed by atoms with Crippen LogP contribution in [-0.4, -0.2) is 12.3 Å². The maximum absolute atomic E-state index is 3.49. The van der Waals surface area contributed by atoms with Crippen molar-refractivity contribution in [3.8, 4) is 0 Å². The molecule has 0 bridgehead atoms. The first-order chi connectivity index (χ1) is 6.63. The van der Waals surface area contributed by atoms with Crippen molar-refractivity contribution in [1.29, 1.82) is 0 Å². The van der Waals surface area contributed by atoms with E-state index in [1.54, 1.807) is 11.8 Å². The molecule has 1 N–H and O–H groups in total. The highest BCUT2D eigenvalue weighted by molar-refractivity contribution is 7.98. The minimum absolute atomic E-state index is 0.436. The van der Waals surface area contributed by atoms with Crippen molar-refractivity contribution < 1.29 is 0 Å². The molecule has 0 saturated carbocycles. The average molecular weight is 209 g/mol. The minimum atomic E-state index is 0.436. The van der Waals surface area contributed by atoms with Crippen LogP contribution in [0.15, 0.2) is 29.2 Å². The van der Waals surface area contributed by atoms with E-state index < -0.39 is 0 Å². The molecule has 0 heterocycles. The highest BCUT2D eigenvalue weighted by atomic mass is 32.2. The molecule has 0 aliphatic carbocycles. The molecule has 1 atom stereocenters. The van der Waals surface area contributed by atoms with Gasteiger partial charge in [0, 0.05) is 17.0 Å². The van der Waals surface area contributed by atoms with Crippen LogP contribution in [-0.2, 0) is 0 Å². The summed E-state index contributed by atoms with van der Waals surface area (Å²) >= 11 is 1.78. The Morgan fingerprint density at radius 1 is 1.07 bits per heavy atom. The van der Waals surface area contributed by atoms with Crippen LogP contribution in [0.3, 0.4) is 0 Å². The van der Waals surface area contributed by atoms with Gasteiger partial charge in [-0.15, -0.1) is 11.8 Å². The fourth-order valence-electron chi connectivity index (χ4n) is 1.49. The van der Waals surface area contributed by atoms with Crippen LogP contribution < -0.4 is 5.32 Å². The van der Waals surface area contributed by atoms with Crippen molar-refractivity contribution in [2.45, 2.75) is 37.8 Å². The maximum atomic E-state index is 3.49. The number of thioether (sulfide) groups is 1. The molecule has 14 heavy (non-hydrogen) atoms. The fraction of sp³-hybridized carbons (Fsp3) is 0.500. The molecule has 0 saturated heterocycles. The molecule has 0 aromatic heterocycles. The summed E-state index contributed by atoms with van der Waals surface area (Å²) in [5.74, 6) is 0. The first kappa shape index (κ1) is 11.6. The van der Waals surface area contributed by atoms with Crippen molar-refractivity contribution >= 4 is 11.8 Å². The molecule has 1 rings (SSSR count). The van der Waals surface area contributed by atoms with Crippen LogP contribution in [0.2, 0.25) is 0 Å².